The van der Waals surface area contributed by atoms with Gasteiger partial charge in [-0.3, -0.25) is 4.90 Å². The van der Waals surface area contributed by atoms with Crippen molar-refractivity contribution in [2.45, 2.75) is 38.5 Å². The number of likely N-dealkylation sites (tertiary alicyclic amines) is 1. The Bertz CT molecular complexity index is 124. The predicted molar refractivity (Wildman–Crippen MR) is 57.8 cm³/mol. The fourth-order valence-electron chi connectivity index (χ4n) is 1.95. The van der Waals surface area contributed by atoms with Crippen LogP contribution in [0.4, 0.5) is 0 Å². The Labute approximate surface area is 80.9 Å². The summed E-state index contributed by atoms with van der Waals surface area (Å²) < 4.78 is 0. The standard InChI is InChI=1S/C10H21NS/c1-5-9-6-11(8(2)3)7-10(9)12-4/h8-10H,5-7H2,1-4H3. The molecule has 1 nitrogen and oxygen atoms in total. The highest BCUT2D eigenvalue weighted by atomic mass is 32.2. The molecule has 0 bridgehead atoms. The summed E-state index contributed by atoms with van der Waals surface area (Å²) in [6, 6.07) is 0.733. The van der Waals surface area contributed by atoms with Crippen molar-refractivity contribution >= 4 is 11.8 Å². The third-order valence-corrected chi connectivity index (χ3v) is 4.11. The van der Waals surface area contributed by atoms with E-state index in [4.69, 9.17) is 0 Å². The summed E-state index contributed by atoms with van der Waals surface area (Å²) in [5.74, 6) is 0.933. The van der Waals surface area contributed by atoms with Crippen LogP contribution in [0.25, 0.3) is 0 Å². The van der Waals surface area contributed by atoms with Gasteiger partial charge in [-0.15, -0.1) is 0 Å². The van der Waals surface area contributed by atoms with Gasteiger partial charge in [0.15, 0.2) is 0 Å². The fourth-order valence-corrected chi connectivity index (χ4v) is 2.96. The van der Waals surface area contributed by atoms with Crippen LogP contribution in [0, 0.1) is 5.92 Å². The third kappa shape index (κ3) is 2.17. The Morgan fingerprint density at radius 1 is 1.42 bits per heavy atom. The average molecular weight is 187 g/mol. The quantitative estimate of drug-likeness (QED) is 0.668. The smallest absolute Gasteiger partial charge is 0.0212 e. The molecule has 0 amide bonds. The molecule has 0 radical (unpaired) electrons. The molecular weight excluding hydrogens is 166 g/mol. The van der Waals surface area contributed by atoms with Crippen LogP contribution in [-0.4, -0.2) is 35.5 Å². The van der Waals surface area contributed by atoms with E-state index in [9.17, 15) is 0 Å². The molecule has 2 unspecified atom stereocenters. The molecule has 1 rings (SSSR count). The zero-order valence-corrected chi connectivity index (χ0v) is 9.53. The van der Waals surface area contributed by atoms with Gasteiger partial charge >= 0.3 is 0 Å². The van der Waals surface area contributed by atoms with Crippen molar-refractivity contribution in [2.24, 2.45) is 5.92 Å². The van der Waals surface area contributed by atoms with Gasteiger partial charge in [0.1, 0.15) is 0 Å². The third-order valence-electron chi connectivity index (χ3n) is 2.97. The van der Waals surface area contributed by atoms with E-state index in [2.05, 4.69) is 31.9 Å². The molecule has 0 saturated carbocycles. The number of rotatable bonds is 3. The van der Waals surface area contributed by atoms with Gasteiger partial charge in [0, 0.05) is 24.4 Å². The minimum atomic E-state index is 0.733. The minimum Gasteiger partial charge on any atom is -0.300 e. The van der Waals surface area contributed by atoms with Crippen LogP contribution in [0.5, 0.6) is 0 Å². The molecule has 1 fully saturated rings. The lowest BCUT2D eigenvalue weighted by Crippen LogP contribution is -2.28. The molecule has 1 saturated heterocycles. The fraction of sp³-hybridized carbons (Fsp3) is 1.00. The highest BCUT2D eigenvalue weighted by Gasteiger charge is 2.31. The van der Waals surface area contributed by atoms with Gasteiger partial charge < -0.3 is 0 Å². The molecule has 1 heterocycles. The summed E-state index contributed by atoms with van der Waals surface area (Å²) >= 11 is 2.04. The van der Waals surface area contributed by atoms with E-state index in [1.807, 2.05) is 11.8 Å². The van der Waals surface area contributed by atoms with Gasteiger partial charge in [0.2, 0.25) is 0 Å². The van der Waals surface area contributed by atoms with E-state index in [1.54, 1.807) is 0 Å². The van der Waals surface area contributed by atoms with E-state index in [0.717, 1.165) is 17.2 Å². The van der Waals surface area contributed by atoms with Crippen LogP contribution in [0.3, 0.4) is 0 Å². The molecule has 0 aromatic rings. The second-order valence-corrected chi connectivity index (χ2v) is 5.07. The number of thioether (sulfide) groups is 1. The van der Waals surface area contributed by atoms with Crippen LogP contribution in [0.15, 0.2) is 0 Å². The van der Waals surface area contributed by atoms with Crippen molar-refractivity contribution < 1.29 is 0 Å². The van der Waals surface area contributed by atoms with Crippen molar-refractivity contribution in [3.63, 3.8) is 0 Å². The van der Waals surface area contributed by atoms with Gasteiger partial charge in [0.05, 0.1) is 0 Å². The van der Waals surface area contributed by atoms with Gasteiger partial charge in [-0.05, 0) is 26.0 Å². The van der Waals surface area contributed by atoms with E-state index >= 15 is 0 Å². The second-order valence-electron chi connectivity index (χ2n) is 3.99. The SMILES string of the molecule is CCC1CN(C(C)C)CC1SC. The van der Waals surface area contributed by atoms with Crippen molar-refractivity contribution in [1.29, 1.82) is 0 Å². The summed E-state index contributed by atoms with van der Waals surface area (Å²) in [5, 5.41) is 0.886. The lowest BCUT2D eigenvalue weighted by Gasteiger charge is -2.19. The van der Waals surface area contributed by atoms with Crippen molar-refractivity contribution in [2.75, 3.05) is 19.3 Å². The van der Waals surface area contributed by atoms with Crippen molar-refractivity contribution in [1.82, 2.24) is 4.90 Å². The maximum Gasteiger partial charge on any atom is 0.0212 e. The lowest BCUT2D eigenvalue weighted by molar-refractivity contribution is 0.264. The summed E-state index contributed by atoms with van der Waals surface area (Å²) in [4.78, 5) is 2.61. The molecule has 0 aromatic carbocycles. The summed E-state index contributed by atoms with van der Waals surface area (Å²) in [7, 11) is 0. The van der Waals surface area contributed by atoms with E-state index in [-0.39, 0.29) is 0 Å². The van der Waals surface area contributed by atoms with Gasteiger partial charge in [-0.1, -0.05) is 13.3 Å². The average Bonchev–Trinajstić information content (AvgIpc) is 2.46. The molecule has 0 spiro atoms. The zero-order valence-electron chi connectivity index (χ0n) is 8.71. The maximum absolute atomic E-state index is 2.61. The van der Waals surface area contributed by atoms with Gasteiger partial charge in [0.25, 0.3) is 0 Å². The molecule has 2 heteroatoms. The van der Waals surface area contributed by atoms with Crippen molar-refractivity contribution in [3.8, 4) is 0 Å². The topological polar surface area (TPSA) is 3.24 Å². The molecule has 0 aromatic heterocycles. The Kier molecular flexibility index (Phi) is 3.91. The Morgan fingerprint density at radius 3 is 2.42 bits per heavy atom. The van der Waals surface area contributed by atoms with Crippen LogP contribution in [-0.2, 0) is 0 Å². The summed E-state index contributed by atoms with van der Waals surface area (Å²) in [6.45, 7) is 9.54. The molecule has 0 N–H and O–H groups in total. The molecule has 1 aliphatic heterocycles. The van der Waals surface area contributed by atoms with Crippen LogP contribution >= 0.6 is 11.8 Å². The van der Waals surface area contributed by atoms with Gasteiger partial charge in [-0.2, -0.15) is 11.8 Å². The first-order valence-corrected chi connectivity index (χ1v) is 6.24. The predicted octanol–water partition coefficient (Wildman–Crippen LogP) is 2.47. The molecule has 12 heavy (non-hydrogen) atoms. The Hall–Kier alpha value is 0.310. The monoisotopic (exact) mass is 187 g/mol. The summed E-state index contributed by atoms with van der Waals surface area (Å²) in [6.07, 6.45) is 3.59. The first-order chi connectivity index (χ1) is 5.69. The van der Waals surface area contributed by atoms with Crippen LogP contribution in [0.2, 0.25) is 0 Å². The highest BCUT2D eigenvalue weighted by Crippen LogP contribution is 2.29. The van der Waals surface area contributed by atoms with Crippen LogP contribution in [0.1, 0.15) is 27.2 Å². The van der Waals surface area contributed by atoms with E-state index < -0.39 is 0 Å². The molecular formula is C10H21NS. The molecule has 1 aliphatic rings. The molecule has 2 atom stereocenters. The Balaban J connectivity index is 2.47. The minimum absolute atomic E-state index is 0.733. The van der Waals surface area contributed by atoms with E-state index in [0.29, 0.717) is 0 Å². The Morgan fingerprint density at radius 2 is 2.08 bits per heavy atom. The number of nitrogens with zero attached hydrogens (tertiary/aromatic N) is 1. The highest BCUT2D eigenvalue weighted by molar-refractivity contribution is 7.99. The number of hydrogen-bond donors (Lipinski definition) is 0. The van der Waals surface area contributed by atoms with E-state index in [1.165, 1.54) is 19.5 Å². The first-order valence-electron chi connectivity index (χ1n) is 4.95. The molecule has 0 aliphatic carbocycles. The normalized spacial score (nSPS) is 31.8. The zero-order chi connectivity index (χ0) is 9.14. The second kappa shape index (κ2) is 4.52. The largest absolute Gasteiger partial charge is 0.300 e. The first kappa shape index (κ1) is 10.4. The lowest BCUT2D eigenvalue weighted by atomic mass is 10.1. The van der Waals surface area contributed by atoms with Gasteiger partial charge in [-0.25, -0.2) is 0 Å². The maximum atomic E-state index is 2.61. The van der Waals surface area contributed by atoms with Crippen molar-refractivity contribution in [3.05, 3.63) is 0 Å². The number of hydrogen-bond acceptors (Lipinski definition) is 2. The molecule has 72 valence electrons. The van der Waals surface area contributed by atoms with Crippen LogP contribution < -0.4 is 0 Å². The summed E-state index contributed by atoms with van der Waals surface area (Å²) in [5.41, 5.74) is 0.